The number of carbonyl (C=O) groups is 1. The summed E-state index contributed by atoms with van der Waals surface area (Å²) in [5.41, 5.74) is 1.14. The summed E-state index contributed by atoms with van der Waals surface area (Å²) in [5.74, 6) is -0.372. The third-order valence-electron chi connectivity index (χ3n) is 3.98. The second-order valence-corrected chi connectivity index (χ2v) is 5.50. The third-order valence-corrected chi connectivity index (χ3v) is 3.98. The van der Waals surface area contributed by atoms with Gasteiger partial charge in [-0.25, -0.2) is 14.8 Å². The number of nitrogens with zero attached hydrogens (tertiary/aromatic N) is 4. The highest BCUT2D eigenvalue weighted by atomic mass is 16.4. The van der Waals surface area contributed by atoms with Crippen LogP contribution >= 0.6 is 0 Å². The highest BCUT2D eigenvalue weighted by Crippen LogP contribution is 2.14. The third kappa shape index (κ3) is 5.03. The monoisotopic (exact) mass is 328 g/mol. The van der Waals surface area contributed by atoms with Gasteiger partial charge in [-0.2, -0.15) is 0 Å². The first-order chi connectivity index (χ1) is 11.6. The minimum absolute atomic E-state index is 0.0397. The maximum Gasteiger partial charge on any atom is 0.356 e. The van der Waals surface area contributed by atoms with E-state index in [4.69, 9.17) is 5.11 Å². The summed E-state index contributed by atoms with van der Waals surface area (Å²) in [5, 5.41) is 8.97. The van der Waals surface area contributed by atoms with Crippen LogP contribution in [-0.2, 0) is 6.54 Å². The first-order valence-corrected chi connectivity index (χ1v) is 8.20. The molecule has 1 aromatic carbocycles. The van der Waals surface area contributed by atoms with E-state index >= 15 is 0 Å². The predicted molar refractivity (Wildman–Crippen MR) is 94.3 cm³/mol. The molecule has 0 atom stereocenters. The molecule has 1 heterocycles. The second-order valence-electron chi connectivity index (χ2n) is 5.50. The Morgan fingerprint density at radius 3 is 2.29 bits per heavy atom. The molecule has 1 N–H and O–H groups in total. The van der Waals surface area contributed by atoms with Gasteiger partial charge in [-0.1, -0.05) is 44.2 Å². The molecule has 24 heavy (non-hydrogen) atoms. The maximum atomic E-state index is 10.9. The van der Waals surface area contributed by atoms with Crippen LogP contribution in [0.5, 0.6) is 0 Å². The van der Waals surface area contributed by atoms with Crippen molar-refractivity contribution in [1.29, 1.82) is 0 Å². The molecule has 0 saturated carbocycles. The minimum Gasteiger partial charge on any atom is -0.476 e. The van der Waals surface area contributed by atoms with Crippen molar-refractivity contribution in [2.75, 3.05) is 31.1 Å². The lowest BCUT2D eigenvalue weighted by Crippen LogP contribution is -2.35. The Hall–Kier alpha value is -2.47. The van der Waals surface area contributed by atoms with Gasteiger partial charge >= 0.3 is 5.97 Å². The van der Waals surface area contributed by atoms with E-state index in [2.05, 4.69) is 45.7 Å². The molecule has 2 rings (SSSR count). The van der Waals surface area contributed by atoms with Crippen molar-refractivity contribution >= 4 is 11.8 Å². The highest BCUT2D eigenvalue weighted by molar-refractivity contribution is 5.84. The van der Waals surface area contributed by atoms with Crippen LogP contribution < -0.4 is 4.90 Å². The van der Waals surface area contributed by atoms with E-state index in [1.807, 2.05) is 18.2 Å². The average Bonchev–Trinajstić information content (AvgIpc) is 2.62. The zero-order chi connectivity index (χ0) is 17.4. The number of hydrogen-bond acceptors (Lipinski definition) is 5. The van der Waals surface area contributed by atoms with Crippen molar-refractivity contribution in [3.05, 3.63) is 54.0 Å². The summed E-state index contributed by atoms with van der Waals surface area (Å²) in [7, 11) is 0. The van der Waals surface area contributed by atoms with Gasteiger partial charge in [0.2, 0.25) is 0 Å². The zero-order valence-corrected chi connectivity index (χ0v) is 14.2. The van der Waals surface area contributed by atoms with E-state index in [-0.39, 0.29) is 5.69 Å². The van der Waals surface area contributed by atoms with Crippen LogP contribution in [0.25, 0.3) is 0 Å². The quantitative estimate of drug-likeness (QED) is 0.763. The van der Waals surface area contributed by atoms with Crippen LogP contribution in [0.4, 0.5) is 5.82 Å². The Kier molecular flexibility index (Phi) is 6.69. The number of hydrogen-bond donors (Lipinski definition) is 1. The molecule has 0 unspecified atom stereocenters. The van der Waals surface area contributed by atoms with Gasteiger partial charge in [-0.05, 0) is 18.7 Å². The zero-order valence-electron chi connectivity index (χ0n) is 14.2. The summed E-state index contributed by atoms with van der Waals surface area (Å²) >= 11 is 0. The molecule has 1 aromatic heterocycles. The SMILES string of the molecule is CCN(CC)CCN(Cc1ccccc1)c1cnc(C(=O)O)cn1. The fraction of sp³-hybridized carbons (Fsp3) is 0.389. The van der Waals surface area contributed by atoms with Crippen LogP contribution in [0.2, 0.25) is 0 Å². The van der Waals surface area contributed by atoms with E-state index in [0.29, 0.717) is 12.4 Å². The van der Waals surface area contributed by atoms with Gasteiger partial charge in [0.15, 0.2) is 5.69 Å². The van der Waals surface area contributed by atoms with Gasteiger partial charge in [-0.15, -0.1) is 0 Å². The molecular weight excluding hydrogens is 304 g/mol. The van der Waals surface area contributed by atoms with Crippen LogP contribution in [-0.4, -0.2) is 52.1 Å². The largest absolute Gasteiger partial charge is 0.476 e. The summed E-state index contributed by atoms with van der Waals surface area (Å²) < 4.78 is 0. The van der Waals surface area contributed by atoms with Gasteiger partial charge < -0.3 is 14.9 Å². The lowest BCUT2D eigenvalue weighted by Gasteiger charge is -2.27. The van der Waals surface area contributed by atoms with Crippen LogP contribution in [0.15, 0.2) is 42.7 Å². The summed E-state index contributed by atoms with van der Waals surface area (Å²) in [6, 6.07) is 10.2. The van der Waals surface area contributed by atoms with Crippen molar-refractivity contribution in [3.63, 3.8) is 0 Å². The van der Waals surface area contributed by atoms with Crippen molar-refractivity contribution in [2.24, 2.45) is 0 Å². The molecule has 0 radical (unpaired) electrons. The molecule has 0 aliphatic rings. The van der Waals surface area contributed by atoms with Crippen LogP contribution in [0.3, 0.4) is 0 Å². The molecule has 0 bridgehead atoms. The summed E-state index contributed by atoms with van der Waals surface area (Å²) in [6.45, 7) is 8.72. The van der Waals surface area contributed by atoms with Crippen molar-refractivity contribution in [3.8, 4) is 0 Å². The number of aromatic carboxylic acids is 1. The second kappa shape index (κ2) is 8.98. The number of likely N-dealkylation sites (N-methyl/N-ethyl adjacent to an activating group) is 1. The molecular formula is C18H24N4O2. The Balaban J connectivity index is 2.16. The number of benzene rings is 1. The normalized spacial score (nSPS) is 10.8. The molecule has 0 amide bonds. The van der Waals surface area contributed by atoms with E-state index in [9.17, 15) is 4.79 Å². The van der Waals surface area contributed by atoms with Gasteiger partial charge in [0, 0.05) is 19.6 Å². The van der Waals surface area contributed by atoms with Crippen LogP contribution in [0.1, 0.15) is 29.9 Å². The number of carboxylic acids is 1. The molecule has 2 aromatic rings. The Morgan fingerprint density at radius 1 is 1.04 bits per heavy atom. The Morgan fingerprint density at radius 2 is 1.75 bits per heavy atom. The number of carboxylic acid groups (broad SMARTS) is 1. The van der Waals surface area contributed by atoms with Gasteiger partial charge in [0.1, 0.15) is 5.82 Å². The van der Waals surface area contributed by atoms with Gasteiger partial charge in [0.05, 0.1) is 12.4 Å². The fourth-order valence-corrected chi connectivity index (χ4v) is 2.48. The first kappa shape index (κ1) is 17.9. The maximum absolute atomic E-state index is 10.9. The van der Waals surface area contributed by atoms with Crippen molar-refractivity contribution < 1.29 is 9.90 Å². The van der Waals surface area contributed by atoms with Crippen molar-refractivity contribution in [2.45, 2.75) is 20.4 Å². The van der Waals surface area contributed by atoms with E-state index < -0.39 is 5.97 Å². The Labute approximate surface area is 142 Å². The van der Waals surface area contributed by atoms with E-state index in [1.54, 1.807) is 0 Å². The number of anilines is 1. The standard InChI is InChI=1S/C18H24N4O2/c1-3-21(4-2)10-11-22(14-15-8-6-5-7-9-15)17-13-19-16(12-20-17)18(23)24/h5-9,12-13H,3-4,10-11,14H2,1-2H3,(H,23,24). The predicted octanol–water partition coefficient (Wildman–Crippen LogP) is 2.52. The van der Waals surface area contributed by atoms with Crippen molar-refractivity contribution in [1.82, 2.24) is 14.9 Å². The lowest BCUT2D eigenvalue weighted by molar-refractivity contribution is 0.0690. The number of aromatic nitrogens is 2. The average molecular weight is 328 g/mol. The highest BCUT2D eigenvalue weighted by Gasteiger charge is 2.13. The molecule has 128 valence electrons. The first-order valence-electron chi connectivity index (χ1n) is 8.20. The number of rotatable bonds is 9. The molecule has 0 aliphatic carbocycles. The van der Waals surface area contributed by atoms with E-state index in [1.165, 1.54) is 18.0 Å². The smallest absolute Gasteiger partial charge is 0.356 e. The van der Waals surface area contributed by atoms with Crippen LogP contribution in [0, 0.1) is 0 Å². The molecule has 6 nitrogen and oxygen atoms in total. The fourth-order valence-electron chi connectivity index (χ4n) is 2.48. The molecule has 0 spiro atoms. The summed E-state index contributed by atoms with van der Waals surface area (Å²) in [6.07, 6.45) is 2.85. The topological polar surface area (TPSA) is 69.6 Å². The van der Waals surface area contributed by atoms with Gasteiger partial charge in [0.25, 0.3) is 0 Å². The molecule has 6 heteroatoms. The lowest BCUT2D eigenvalue weighted by atomic mass is 10.2. The van der Waals surface area contributed by atoms with E-state index in [0.717, 1.165) is 26.2 Å². The molecule has 0 aliphatic heterocycles. The minimum atomic E-state index is -1.06. The molecule has 0 saturated heterocycles. The van der Waals surface area contributed by atoms with Gasteiger partial charge in [-0.3, -0.25) is 0 Å². The Bertz CT molecular complexity index is 627. The molecule has 0 fully saturated rings. The summed E-state index contributed by atoms with van der Waals surface area (Å²) in [4.78, 5) is 23.7.